The summed E-state index contributed by atoms with van der Waals surface area (Å²) in [4.78, 5) is 11.7. The average molecular weight is 222 g/mol. The molecule has 4 heteroatoms. The summed E-state index contributed by atoms with van der Waals surface area (Å²) in [6.45, 7) is 0. The minimum Gasteiger partial charge on any atom is -0.368 e. The summed E-state index contributed by atoms with van der Waals surface area (Å²) < 4.78 is 0. The molecule has 0 bridgehead atoms. The SMILES string of the molecule is Nc1ncc2c(n1)-c1c[nH]c3cccc(c13)C2. The van der Waals surface area contributed by atoms with E-state index in [1.807, 2.05) is 12.4 Å². The standard InChI is InChI=1S/C13H10N4/c14-13-16-5-8-4-7-2-1-3-10-11(7)9(6-15-10)12(8)17-13/h1-3,5-6,15H,4H2,(H2,14,16,17). The van der Waals surface area contributed by atoms with Crippen molar-refractivity contribution < 1.29 is 0 Å². The van der Waals surface area contributed by atoms with Crippen LogP contribution < -0.4 is 5.73 Å². The van der Waals surface area contributed by atoms with E-state index >= 15 is 0 Å². The number of aromatic amines is 1. The number of H-pyrrole nitrogens is 1. The lowest BCUT2D eigenvalue weighted by Gasteiger charge is -2.15. The van der Waals surface area contributed by atoms with Crippen molar-refractivity contribution in [3.05, 3.63) is 41.7 Å². The normalized spacial score (nSPS) is 12.7. The molecule has 1 aliphatic carbocycles. The van der Waals surface area contributed by atoms with Gasteiger partial charge in [0.1, 0.15) is 0 Å². The monoisotopic (exact) mass is 222 g/mol. The number of nitrogens with zero attached hydrogens (tertiary/aromatic N) is 2. The Bertz CT molecular complexity index is 742. The van der Waals surface area contributed by atoms with Crippen molar-refractivity contribution in [1.82, 2.24) is 15.0 Å². The molecule has 0 fully saturated rings. The predicted molar refractivity (Wildman–Crippen MR) is 66.5 cm³/mol. The van der Waals surface area contributed by atoms with Crippen LogP contribution in [0.15, 0.2) is 30.6 Å². The van der Waals surface area contributed by atoms with Gasteiger partial charge in [0.15, 0.2) is 0 Å². The van der Waals surface area contributed by atoms with E-state index in [0.717, 1.165) is 28.8 Å². The molecule has 3 N–H and O–H groups in total. The predicted octanol–water partition coefficient (Wildman–Crippen LogP) is 2.11. The van der Waals surface area contributed by atoms with Crippen molar-refractivity contribution in [2.75, 3.05) is 5.73 Å². The molecule has 4 nitrogen and oxygen atoms in total. The van der Waals surface area contributed by atoms with Crippen LogP contribution in [0.2, 0.25) is 0 Å². The second kappa shape index (κ2) is 2.85. The highest BCUT2D eigenvalue weighted by molar-refractivity contribution is 5.99. The molecule has 1 aliphatic rings. The summed E-state index contributed by atoms with van der Waals surface area (Å²) in [7, 11) is 0. The molecule has 0 aliphatic heterocycles. The van der Waals surface area contributed by atoms with E-state index in [1.165, 1.54) is 10.9 Å². The molecule has 0 spiro atoms. The first kappa shape index (κ1) is 8.75. The molecule has 1 aromatic carbocycles. The number of fused-ring (bicyclic) bond motifs is 2. The van der Waals surface area contributed by atoms with Gasteiger partial charge in [-0.1, -0.05) is 12.1 Å². The van der Waals surface area contributed by atoms with Crippen LogP contribution in [0.1, 0.15) is 11.1 Å². The highest BCUT2D eigenvalue weighted by Crippen LogP contribution is 2.37. The Kier molecular flexibility index (Phi) is 1.47. The van der Waals surface area contributed by atoms with Gasteiger partial charge in [0.2, 0.25) is 5.95 Å². The Morgan fingerprint density at radius 1 is 1.24 bits per heavy atom. The van der Waals surface area contributed by atoms with Crippen molar-refractivity contribution >= 4 is 16.9 Å². The molecule has 82 valence electrons. The summed E-state index contributed by atoms with van der Waals surface area (Å²) in [5, 5.41) is 1.26. The van der Waals surface area contributed by atoms with Crippen molar-refractivity contribution in [3.8, 4) is 11.3 Å². The zero-order valence-corrected chi connectivity index (χ0v) is 9.07. The first-order valence-corrected chi connectivity index (χ1v) is 5.53. The maximum absolute atomic E-state index is 5.67. The molecule has 17 heavy (non-hydrogen) atoms. The first-order chi connectivity index (χ1) is 8.33. The van der Waals surface area contributed by atoms with Crippen LogP contribution in [0.5, 0.6) is 0 Å². The zero-order valence-electron chi connectivity index (χ0n) is 9.07. The minimum absolute atomic E-state index is 0.331. The molecule has 2 heterocycles. The molecule has 0 saturated carbocycles. The van der Waals surface area contributed by atoms with E-state index in [1.54, 1.807) is 0 Å². The molecular weight excluding hydrogens is 212 g/mol. The highest BCUT2D eigenvalue weighted by Gasteiger charge is 2.20. The fraction of sp³-hybridized carbons (Fsp3) is 0.0769. The Balaban J connectivity index is 2.17. The van der Waals surface area contributed by atoms with Crippen molar-refractivity contribution in [1.29, 1.82) is 0 Å². The van der Waals surface area contributed by atoms with Crippen LogP contribution in [0, 0.1) is 0 Å². The van der Waals surface area contributed by atoms with E-state index in [-0.39, 0.29) is 0 Å². The van der Waals surface area contributed by atoms with Crippen LogP contribution in [0.25, 0.3) is 22.2 Å². The number of rotatable bonds is 0. The average Bonchev–Trinajstić information content (AvgIpc) is 2.77. The van der Waals surface area contributed by atoms with Crippen molar-refractivity contribution in [3.63, 3.8) is 0 Å². The molecule has 0 unspecified atom stereocenters. The van der Waals surface area contributed by atoms with Gasteiger partial charge in [-0.05, 0) is 11.6 Å². The van der Waals surface area contributed by atoms with Crippen LogP contribution in [-0.4, -0.2) is 15.0 Å². The Hall–Kier alpha value is -2.36. The third-order valence-electron chi connectivity index (χ3n) is 3.31. The van der Waals surface area contributed by atoms with Gasteiger partial charge in [0.05, 0.1) is 5.69 Å². The number of nitrogen functional groups attached to an aromatic ring is 1. The van der Waals surface area contributed by atoms with Gasteiger partial charge < -0.3 is 10.7 Å². The maximum Gasteiger partial charge on any atom is 0.220 e. The van der Waals surface area contributed by atoms with Gasteiger partial charge >= 0.3 is 0 Å². The van der Waals surface area contributed by atoms with E-state index < -0.39 is 0 Å². The number of aromatic nitrogens is 3. The maximum atomic E-state index is 5.67. The number of hydrogen-bond acceptors (Lipinski definition) is 3. The smallest absolute Gasteiger partial charge is 0.220 e. The minimum atomic E-state index is 0.331. The fourth-order valence-corrected chi connectivity index (χ4v) is 2.58. The van der Waals surface area contributed by atoms with Crippen molar-refractivity contribution in [2.45, 2.75) is 6.42 Å². The van der Waals surface area contributed by atoms with Crippen molar-refractivity contribution in [2.24, 2.45) is 0 Å². The molecular formula is C13H10N4. The molecule has 0 radical (unpaired) electrons. The van der Waals surface area contributed by atoms with Gasteiger partial charge in [0.25, 0.3) is 0 Å². The van der Waals surface area contributed by atoms with Crippen LogP contribution in [0.4, 0.5) is 5.95 Å². The van der Waals surface area contributed by atoms with E-state index in [4.69, 9.17) is 5.73 Å². The Labute approximate surface area is 97.5 Å². The largest absolute Gasteiger partial charge is 0.368 e. The number of anilines is 1. The third-order valence-corrected chi connectivity index (χ3v) is 3.31. The van der Waals surface area contributed by atoms with Gasteiger partial charge in [-0.3, -0.25) is 0 Å². The highest BCUT2D eigenvalue weighted by atomic mass is 15.0. The quantitative estimate of drug-likeness (QED) is 0.479. The number of nitrogens with two attached hydrogens (primary N) is 1. The zero-order chi connectivity index (χ0) is 11.4. The lowest BCUT2D eigenvalue weighted by molar-refractivity contribution is 1.08. The Morgan fingerprint density at radius 3 is 3.12 bits per heavy atom. The number of benzene rings is 1. The van der Waals surface area contributed by atoms with Crippen LogP contribution in [-0.2, 0) is 6.42 Å². The molecule has 4 rings (SSSR count). The first-order valence-electron chi connectivity index (χ1n) is 5.53. The lowest BCUT2D eigenvalue weighted by atomic mass is 9.91. The summed E-state index contributed by atoms with van der Waals surface area (Å²) in [5.41, 5.74) is 11.4. The second-order valence-electron chi connectivity index (χ2n) is 4.32. The van der Waals surface area contributed by atoms with Gasteiger partial charge in [-0.15, -0.1) is 0 Å². The lowest BCUT2D eigenvalue weighted by Crippen LogP contribution is -2.05. The molecule has 0 amide bonds. The van der Waals surface area contributed by atoms with E-state index in [9.17, 15) is 0 Å². The molecule has 0 saturated heterocycles. The summed E-state index contributed by atoms with van der Waals surface area (Å²) in [6, 6.07) is 6.30. The topological polar surface area (TPSA) is 67.6 Å². The van der Waals surface area contributed by atoms with Gasteiger partial charge in [0, 0.05) is 40.8 Å². The Morgan fingerprint density at radius 2 is 2.18 bits per heavy atom. The fourth-order valence-electron chi connectivity index (χ4n) is 2.58. The van der Waals surface area contributed by atoms with Crippen LogP contribution >= 0.6 is 0 Å². The van der Waals surface area contributed by atoms with Gasteiger partial charge in [-0.25, -0.2) is 9.97 Å². The summed E-state index contributed by atoms with van der Waals surface area (Å²) in [5.74, 6) is 0.331. The molecule has 2 aromatic heterocycles. The number of nitrogens with one attached hydrogen (secondary N) is 1. The van der Waals surface area contributed by atoms with E-state index in [2.05, 4.69) is 33.2 Å². The summed E-state index contributed by atoms with van der Waals surface area (Å²) in [6.07, 6.45) is 4.70. The van der Waals surface area contributed by atoms with Gasteiger partial charge in [-0.2, -0.15) is 0 Å². The number of hydrogen-bond donors (Lipinski definition) is 2. The third kappa shape index (κ3) is 1.07. The molecule has 3 aromatic rings. The summed E-state index contributed by atoms with van der Waals surface area (Å²) >= 11 is 0. The molecule has 0 atom stereocenters. The van der Waals surface area contributed by atoms with Crippen LogP contribution in [0.3, 0.4) is 0 Å². The second-order valence-corrected chi connectivity index (χ2v) is 4.32. The van der Waals surface area contributed by atoms with E-state index in [0.29, 0.717) is 5.95 Å².